The summed E-state index contributed by atoms with van der Waals surface area (Å²) < 4.78 is 0. The van der Waals surface area contributed by atoms with Crippen molar-refractivity contribution in [2.24, 2.45) is 0 Å². The van der Waals surface area contributed by atoms with Crippen molar-refractivity contribution in [1.82, 2.24) is 10.3 Å². The fourth-order valence-electron chi connectivity index (χ4n) is 2.15. The van der Waals surface area contributed by atoms with Crippen LogP contribution in [0.3, 0.4) is 0 Å². The number of nitrogens with zero attached hydrogens (tertiary/aromatic N) is 1. The standard InChI is InChI=1S/C17H18N2S/c1-12(2)18-10-16-11-20-17(19-16)15-8-7-13-5-3-4-6-14(13)9-15/h3-9,11-12,18H,10H2,1-2H3. The van der Waals surface area contributed by atoms with Crippen LogP contribution < -0.4 is 5.32 Å². The predicted molar refractivity (Wildman–Crippen MR) is 87.0 cm³/mol. The normalized spacial score (nSPS) is 11.3. The van der Waals surface area contributed by atoms with E-state index in [0.29, 0.717) is 6.04 Å². The van der Waals surface area contributed by atoms with E-state index in [2.05, 4.69) is 67.0 Å². The lowest BCUT2D eigenvalue weighted by atomic mass is 10.1. The Kier molecular flexibility index (Phi) is 3.81. The fourth-order valence-corrected chi connectivity index (χ4v) is 2.97. The lowest BCUT2D eigenvalue weighted by Gasteiger charge is -2.05. The summed E-state index contributed by atoms with van der Waals surface area (Å²) in [5.74, 6) is 0. The van der Waals surface area contributed by atoms with Gasteiger partial charge in [-0.2, -0.15) is 0 Å². The summed E-state index contributed by atoms with van der Waals surface area (Å²) in [4.78, 5) is 4.72. The molecule has 1 heterocycles. The molecular formula is C17H18N2S. The van der Waals surface area contributed by atoms with Gasteiger partial charge in [-0.15, -0.1) is 11.3 Å². The molecule has 0 saturated heterocycles. The van der Waals surface area contributed by atoms with Crippen LogP contribution in [-0.4, -0.2) is 11.0 Å². The molecule has 0 amide bonds. The molecule has 1 aromatic heterocycles. The molecule has 0 aliphatic rings. The van der Waals surface area contributed by atoms with Crippen LogP contribution >= 0.6 is 11.3 Å². The zero-order valence-electron chi connectivity index (χ0n) is 11.8. The van der Waals surface area contributed by atoms with Gasteiger partial charge in [0.15, 0.2) is 0 Å². The highest BCUT2D eigenvalue weighted by Crippen LogP contribution is 2.27. The van der Waals surface area contributed by atoms with Crippen LogP contribution in [0.15, 0.2) is 47.8 Å². The Morgan fingerprint density at radius 1 is 1.10 bits per heavy atom. The third kappa shape index (κ3) is 2.89. The minimum absolute atomic E-state index is 0.487. The molecule has 3 aromatic rings. The van der Waals surface area contributed by atoms with E-state index in [1.54, 1.807) is 11.3 Å². The number of benzene rings is 2. The van der Waals surface area contributed by atoms with E-state index >= 15 is 0 Å². The van der Waals surface area contributed by atoms with Gasteiger partial charge in [-0.1, -0.05) is 50.2 Å². The van der Waals surface area contributed by atoms with Crippen LogP contribution in [-0.2, 0) is 6.54 Å². The summed E-state index contributed by atoms with van der Waals surface area (Å²) in [6.45, 7) is 5.13. The second-order valence-electron chi connectivity index (χ2n) is 5.24. The summed E-state index contributed by atoms with van der Waals surface area (Å²) in [5.41, 5.74) is 2.32. The van der Waals surface area contributed by atoms with Gasteiger partial charge in [0.1, 0.15) is 5.01 Å². The van der Waals surface area contributed by atoms with Crippen LogP contribution in [0.2, 0.25) is 0 Å². The van der Waals surface area contributed by atoms with Crippen LogP contribution in [0.5, 0.6) is 0 Å². The summed E-state index contributed by atoms with van der Waals surface area (Å²) in [5, 5.41) is 9.17. The molecule has 0 radical (unpaired) electrons. The Bertz CT molecular complexity index is 716. The smallest absolute Gasteiger partial charge is 0.123 e. The number of nitrogens with one attached hydrogen (secondary N) is 1. The van der Waals surface area contributed by atoms with E-state index in [0.717, 1.165) is 17.2 Å². The van der Waals surface area contributed by atoms with Crippen LogP contribution in [0.1, 0.15) is 19.5 Å². The molecule has 3 rings (SSSR count). The molecule has 0 aliphatic heterocycles. The van der Waals surface area contributed by atoms with Crippen molar-refractivity contribution in [2.75, 3.05) is 0 Å². The first-order valence-electron chi connectivity index (χ1n) is 6.89. The SMILES string of the molecule is CC(C)NCc1csc(-c2ccc3ccccc3c2)n1. The molecule has 0 atom stereocenters. The quantitative estimate of drug-likeness (QED) is 0.764. The third-order valence-electron chi connectivity index (χ3n) is 3.24. The summed E-state index contributed by atoms with van der Waals surface area (Å²) in [6, 6.07) is 15.5. The van der Waals surface area contributed by atoms with Gasteiger partial charge in [-0.05, 0) is 16.8 Å². The highest BCUT2D eigenvalue weighted by Gasteiger charge is 2.06. The van der Waals surface area contributed by atoms with E-state index in [1.807, 2.05) is 0 Å². The lowest BCUT2D eigenvalue weighted by molar-refractivity contribution is 0.583. The van der Waals surface area contributed by atoms with Crippen molar-refractivity contribution in [3.63, 3.8) is 0 Å². The molecule has 2 nitrogen and oxygen atoms in total. The maximum absolute atomic E-state index is 4.72. The molecule has 3 heteroatoms. The Balaban J connectivity index is 1.87. The molecule has 0 saturated carbocycles. The van der Waals surface area contributed by atoms with Gasteiger partial charge in [-0.25, -0.2) is 4.98 Å². The molecular weight excluding hydrogens is 264 g/mol. The summed E-state index contributed by atoms with van der Waals surface area (Å²) >= 11 is 1.71. The molecule has 0 bridgehead atoms. The van der Waals surface area contributed by atoms with Crippen molar-refractivity contribution in [1.29, 1.82) is 0 Å². The minimum Gasteiger partial charge on any atom is -0.309 e. The second kappa shape index (κ2) is 5.73. The van der Waals surface area contributed by atoms with Crippen LogP contribution in [0, 0.1) is 0 Å². The average Bonchev–Trinajstić information content (AvgIpc) is 2.93. The topological polar surface area (TPSA) is 24.9 Å². The van der Waals surface area contributed by atoms with Gasteiger partial charge in [0.2, 0.25) is 0 Å². The van der Waals surface area contributed by atoms with Gasteiger partial charge in [0.25, 0.3) is 0 Å². The fraction of sp³-hybridized carbons (Fsp3) is 0.235. The maximum atomic E-state index is 4.72. The van der Waals surface area contributed by atoms with E-state index in [4.69, 9.17) is 4.98 Å². The first-order valence-corrected chi connectivity index (χ1v) is 7.77. The molecule has 2 aromatic carbocycles. The third-order valence-corrected chi connectivity index (χ3v) is 4.18. The largest absolute Gasteiger partial charge is 0.309 e. The van der Waals surface area contributed by atoms with Gasteiger partial charge >= 0.3 is 0 Å². The molecule has 102 valence electrons. The van der Waals surface area contributed by atoms with Crippen LogP contribution in [0.25, 0.3) is 21.3 Å². The number of thiazole rings is 1. The number of rotatable bonds is 4. The predicted octanol–water partition coefficient (Wildman–Crippen LogP) is 4.46. The molecule has 20 heavy (non-hydrogen) atoms. The maximum Gasteiger partial charge on any atom is 0.123 e. The highest BCUT2D eigenvalue weighted by molar-refractivity contribution is 7.13. The first kappa shape index (κ1) is 13.3. The molecule has 0 aliphatic carbocycles. The van der Waals surface area contributed by atoms with Crippen molar-refractivity contribution in [2.45, 2.75) is 26.4 Å². The van der Waals surface area contributed by atoms with E-state index in [1.165, 1.54) is 16.3 Å². The van der Waals surface area contributed by atoms with Crippen molar-refractivity contribution < 1.29 is 0 Å². The van der Waals surface area contributed by atoms with Crippen molar-refractivity contribution in [3.8, 4) is 10.6 Å². The first-order chi connectivity index (χ1) is 9.72. The average molecular weight is 282 g/mol. The van der Waals surface area contributed by atoms with Gasteiger partial charge in [0.05, 0.1) is 5.69 Å². The second-order valence-corrected chi connectivity index (χ2v) is 6.10. The number of fused-ring (bicyclic) bond motifs is 1. The number of hydrogen-bond acceptors (Lipinski definition) is 3. The molecule has 0 unspecified atom stereocenters. The Morgan fingerprint density at radius 3 is 2.70 bits per heavy atom. The van der Waals surface area contributed by atoms with Gasteiger partial charge in [0, 0.05) is 23.5 Å². The lowest BCUT2D eigenvalue weighted by Crippen LogP contribution is -2.21. The summed E-state index contributed by atoms with van der Waals surface area (Å²) in [7, 11) is 0. The molecule has 0 spiro atoms. The zero-order chi connectivity index (χ0) is 13.9. The molecule has 0 fully saturated rings. The number of hydrogen-bond donors (Lipinski definition) is 1. The number of aromatic nitrogens is 1. The Labute approximate surface area is 123 Å². The van der Waals surface area contributed by atoms with Crippen molar-refractivity contribution >= 4 is 22.1 Å². The monoisotopic (exact) mass is 282 g/mol. The van der Waals surface area contributed by atoms with E-state index in [-0.39, 0.29) is 0 Å². The Hall–Kier alpha value is -1.71. The molecule has 1 N–H and O–H groups in total. The highest BCUT2D eigenvalue weighted by atomic mass is 32.1. The minimum atomic E-state index is 0.487. The van der Waals surface area contributed by atoms with E-state index < -0.39 is 0 Å². The Morgan fingerprint density at radius 2 is 1.90 bits per heavy atom. The zero-order valence-corrected chi connectivity index (χ0v) is 12.6. The summed E-state index contributed by atoms with van der Waals surface area (Å²) in [6.07, 6.45) is 0. The van der Waals surface area contributed by atoms with Gasteiger partial charge < -0.3 is 5.32 Å². The van der Waals surface area contributed by atoms with Crippen molar-refractivity contribution in [3.05, 3.63) is 53.5 Å². The van der Waals surface area contributed by atoms with Gasteiger partial charge in [-0.3, -0.25) is 0 Å². The van der Waals surface area contributed by atoms with E-state index in [9.17, 15) is 0 Å². The van der Waals surface area contributed by atoms with Crippen LogP contribution in [0.4, 0.5) is 0 Å².